The van der Waals surface area contributed by atoms with Gasteiger partial charge in [0.25, 0.3) is 0 Å². The van der Waals surface area contributed by atoms with Gasteiger partial charge in [-0.25, -0.2) is 0 Å². The van der Waals surface area contributed by atoms with Crippen molar-refractivity contribution >= 4 is 11.6 Å². The molecule has 2 unspecified atom stereocenters. The summed E-state index contributed by atoms with van der Waals surface area (Å²) in [6.07, 6.45) is 3.04. The van der Waals surface area contributed by atoms with Crippen LogP contribution in [0.5, 0.6) is 0 Å². The van der Waals surface area contributed by atoms with Crippen LogP contribution in [-0.4, -0.2) is 18.6 Å². The van der Waals surface area contributed by atoms with Crippen molar-refractivity contribution in [3.8, 4) is 0 Å². The lowest BCUT2D eigenvalue weighted by Gasteiger charge is -2.28. The Bertz CT molecular complexity index is 341. The molecule has 1 aliphatic heterocycles. The maximum atomic E-state index is 6.02. The third-order valence-corrected chi connectivity index (χ3v) is 3.31. The van der Waals surface area contributed by atoms with Crippen molar-refractivity contribution in [1.29, 1.82) is 0 Å². The first-order valence-electron chi connectivity index (χ1n) is 6.20. The summed E-state index contributed by atoms with van der Waals surface area (Å²) in [5.74, 6) is 0.146. The molecule has 0 bridgehead atoms. The van der Waals surface area contributed by atoms with Crippen LogP contribution < -0.4 is 0 Å². The Kier molecular flexibility index (Phi) is 4.43. The topological polar surface area (TPSA) is 18.5 Å². The zero-order valence-corrected chi connectivity index (χ0v) is 11.0. The maximum absolute atomic E-state index is 6.02. The molecule has 1 aromatic rings. The quantitative estimate of drug-likeness (QED) is 0.589. The Hall–Kier alpha value is -0.570. The van der Waals surface area contributed by atoms with Crippen molar-refractivity contribution in [3.63, 3.8) is 0 Å². The highest BCUT2D eigenvalue weighted by molar-refractivity contribution is 6.17. The standard InChI is InChI=1S/C14H19ClO2/c1-12-11-16-14(17-12,9-5-6-10-15)13-7-3-2-4-8-13/h2-4,7-8,12H,5-6,9-11H2,1H3. The van der Waals surface area contributed by atoms with Crippen LogP contribution in [-0.2, 0) is 15.3 Å². The second kappa shape index (κ2) is 5.85. The Labute approximate surface area is 108 Å². The van der Waals surface area contributed by atoms with Gasteiger partial charge in [0.05, 0.1) is 12.7 Å². The smallest absolute Gasteiger partial charge is 0.195 e. The molecule has 0 spiro atoms. The molecule has 0 saturated carbocycles. The Morgan fingerprint density at radius 1 is 1.29 bits per heavy atom. The summed E-state index contributed by atoms with van der Waals surface area (Å²) in [6, 6.07) is 10.2. The second-order valence-electron chi connectivity index (χ2n) is 4.50. The molecule has 1 fully saturated rings. The van der Waals surface area contributed by atoms with Gasteiger partial charge in [0.15, 0.2) is 5.79 Å². The third kappa shape index (κ3) is 3.01. The fourth-order valence-electron chi connectivity index (χ4n) is 2.22. The lowest BCUT2D eigenvalue weighted by Crippen LogP contribution is -2.27. The predicted octanol–water partition coefficient (Wildman–Crippen LogP) is 3.68. The van der Waals surface area contributed by atoms with E-state index in [0.29, 0.717) is 12.5 Å². The van der Waals surface area contributed by atoms with E-state index in [0.717, 1.165) is 24.8 Å². The maximum Gasteiger partial charge on any atom is 0.195 e. The zero-order chi connectivity index (χ0) is 12.1. The van der Waals surface area contributed by atoms with E-state index < -0.39 is 5.79 Å². The van der Waals surface area contributed by atoms with E-state index in [9.17, 15) is 0 Å². The summed E-state index contributed by atoms with van der Waals surface area (Å²) >= 11 is 5.73. The summed E-state index contributed by atoms with van der Waals surface area (Å²) < 4.78 is 11.9. The molecule has 2 atom stereocenters. The van der Waals surface area contributed by atoms with Gasteiger partial charge < -0.3 is 9.47 Å². The first-order chi connectivity index (χ1) is 8.27. The molecule has 1 saturated heterocycles. The van der Waals surface area contributed by atoms with Crippen LogP contribution in [0.4, 0.5) is 0 Å². The van der Waals surface area contributed by atoms with E-state index in [1.54, 1.807) is 0 Å². The molecular weight excluding hydrogens is 236 g/mol. The van der Waals surface area contributed by atoms with E-state index in [2.05, 4.69) is 12.1 Å². The van der Waals surface area contributed by atoms with Gasteiger partial charge in [-0.15, -0.1) is 11.6 Å². The first-order valence-corrected chi connectivity index (χ1v) is 6.73. The van der Waals surface area contributed by atoms with Crippen molar-refractivity contribution in [2.24, 2.45) is 0 Å². The highest BCUT2D eigenvalue weighted by Gasteiger charge is 2.40. The van der Waals surface area contributed by atoms with Gasteiger partial charge in [-0.3, -0.25) is 0 Å². The molecule has 2 rings (SSSR count). The minimum atomic E-state index is -0.549. The van der Waals surface area contributed by atoms with Crippen LogP contribution in [0.1, 0.15) is 31.7 Å². The number of hydrogen-bond donors (Lipinski definition) is 0. The Morgan fingerprint density at radius 3 is 2.65 bits per heavy atom. The van der Waals surface area contributed by atoms with E-state index in [1.807, 2.05) is 25.1 Å². The van der Waals surface area contributed by atoms with E-state index >= 15 is 0 Å². The highest BCUT2D eigenvalue weighted by Crippen LogP contribution is 2.38. The predicted molar refractivity (Wildman–Crippen MR) is 69.2 cm³/mol. The largest absolute Gasteiger partial charge is 0.343 e. The molecule has 1 aromatic carbocycles. The summed E-state index contributed by atoms with van der Waals surface area (Å²) in [6.45, 7) is 2.71. The molecule has 1 heterocycles. The van der Waals surface area contributed by atoms with Gasteiger partial charge >= 0.3 is 0 Å². The highest BCUT2D eigenvalue weighted by atomic mass is 35.5. The number of halogens is 1. The number of rotatable bonds is 5. The first kappa shape index (κ1) is 12.9. The van der Waals surface area contributed by atoms with Gasteiger partial charge in [-0.2, -0.15) is 0 Å². The zero-order valence-electron chi connectivity index (χ0n) is 10.2. The van der Waals surface area contributed by atoms with Gasteiger partial charge in [-0.05, 0) is 19.8 Å². The number of ether oxygens (including phenoxy) is 2. The minimum Gasteiger partial charge on any atom is -0.343 e. The van der Waals surface area contributed by atoms with Gasteiger partial charge in [-0.1, -0.05) is 30.3 Å². The number of benzene rings is 1. The SMILES string of the molecule is CC1COC(CCCCCl)(c2ccccc2)O1. The number of hydrogen-bond acceptors (Lipinski definition) is 2. The Balaban J connectivity index is 2.13. The monoisotopic (exact) mass is 254 g/mol. The van der Waals surface area contributed by atoms with Crippen LogP contribution in [0.25, 0.3) is 0 Å². The molecule has 94 valence electrons. The molecule has 0 N–H and O–H groups in total. The number of unbranched alkanes of at least 4 members (excludes halogenated alkanes) is 1. The molecule has 0 amide bonds. The fourth-order valence-corrected chi connectivity index (χ4v) is 2.41. The van der Waals surface area contributed by atoms with Crippen molar-refractivity contribution in [1.82, 2.24) is 0 Å². The van der Waals surface area contributed by atoms with Crippen LogP contribution >= 0.6 is 11.6 Å². The van der Waals surface area contributed by atoms with Gasteiger partial charge in [0, 0.05) is 17.9 Å². The van der Waals surface area contributed by atoms with Crippen LogP contribution in [0.3, 0.4) is 0 Å². The average Bonchev–Trinajstić information content (AvgIpc) is 2.74. The molecule has 3 heteroatoms. The van der Waals surface area contributed by atoms with Crippen molar-refractivity contribution in [2.45, 2.75) is 38.1 Å². The van der Waals surface area contributed by atoms with Gasteiger partial charge in [0.2, 0.25) is 0 Å². The second-order valence-corrected chi connectivity index (χ2v) is 4.88. The number of alkyl halides is 1. The average molecular weight is 255 g/mol. The lowest BCUT2D eigenvalue weighted by atomic mass is 10.00. The molecular formula is C14H19ClO2. The molecule has 1 aliphatic rings. The van der Waals surface area contributed by atoms with E-state index in [1.165, 1.54) is 0 Å². The normalized spacial score (nSPS) is 28.5. The summed E-state index contributed by atoms with van der Waals surface area (Å²) in [5.41, 5.74) is 1.11. The van der Waals surface area contributed by atoms with Crippen molar-refractivity contribution < 1.29 is 9.47 Å². The summed E-state index contributed by atoms with van der Waals surface area (Å²) in [5, 5.41) is 0. The van der Waals surface area contributed by atoms with E-state index in [4.69, 9.17) is 21.1 Å². The molecule has 0 aliphatic carbocycles. The molecule has 17 heavy (non-hydrogen) atoms. The Morgan fingerprint density at radius 2 is 2.06 bits per heavy atom. The lowest BCUT2D eigenvalue weighted by molar-refractivity contribution is -0.180. The van der Waals surface area contributed by atoms with Crippen LogP contribution in [0.15, 0.2) is 30.3 Å². The molecule has 0 aromatic heterocycles. The van der Waals surface area contributed by atoms with Gasteiger partial charge in [0.1, 0.15) is 0 Å². The minimum absolute atomic E-state index is 0.159. The fraction of sp³-hybridized carbons (Fsp3) is 0.571. The summed E-state index contributed by atoms with van der Waals surface area (Å²) in [4.78, 5) is 0. The summed E-state index contributed by atoms with van der Waals surface area (Å²) in [7, 11) is 0. The van der Waals surface area contributed by atoms with Crippen molar-refractivity contribution in [3.05, 3.63) is 35.9 Å². The van der Waals surface area contributed by atoms with Crippen molar-refractivity contribution in [2.75, 3.05) is 12.5 Å². The van der Waals surface area contributed by atoms with Crippen LogP contribution in [0.2, 0.25) is 0 Å². The molecule has 2 nitrogen and oxygen atoms in total. The van der Waals surface area contributed by atoms with E-state index in [-0.39, 0.29) is 6.10 Å². The third-order valence-electron chi connectivity index (χ3n) is 3.05. The molecule has 0 radical (unpaired) electrons. The van der Waals surface area contributed by atoms with Crippen LogP contribution in [0, 0.1) is 0 Å².